The zero-order chi connectivity index (χ0) is 14.3. The van der Waals surface area contributed by atoms with Crippen molar-refractivity contribution in [1.29, 1.82) is 0 Å². The predicted octanol–water partition coefficient (Wildman–Crippen LogP) is 0.850. The lowest BCUT2D eigenvalue weighted by atomic mass is 10.2. The Morgan fingerprint density at radius 1 is 1.39 bits per heavy atom. The van der Waals surface area contributed by atoms with Crippen molar-refractivity contribution in [2.75, 3.05) is 19.6 Å². The van der Waals surface area contributed by atoms with Crippen LogP contribution in [0.2, 0.25) is 0 Å². The fourth-order valence-electron chi connectivity index (χ4n) is 1.49. The van der Waals surface area contributed by atoms with Crippen LogP contribution in [-0.2, 0) is 9.59 Å². The Morgan fingerprint density at radius 2 is 1.94 bits per heavy atom. The van der Waals surface area contributed by atoms with Crippen molar-refractivity contribution in [3.05, 3.63) is 0 Å². The number of hydrogen-bond acceptors (Lipinski definition) is 3. The first-order chi connectivity index (χ1) is 8.15. The number of rotatable bonds is 7. The molecule has 0 radical (unpaired) electrons. The second-order valence-electron chi connectivity index (χ2n) is 3.94. The number of carbonyl (C=O) groups excluding carboxylic acids is 1. The molecule has 18 heavy (non-hydrogen) atoms. The Labute approximate surface area is 103 Å². The van der Waals surface area contributed by atoms with Crippen LogP contribution in [-0.4, -0.2) is 53.7 Å². The van der Waals surface area contributed by atoms with Gasteiger partial charge in [0.1, 0.15) is 6.04 Å². The molecule has 0 heterocycles. The lowest BCUT2D eigenvalue weighted by Gasteiger charge is -2.26. The topological polar surface area (TPSA) is 69.6 Å². The van der Waals surface area contributed by atoms with Gasteiger partial charge in [-0.2, -0.15) is 13.2 Å². The molecule has 0 aromatic heterocycles. The summed E-state index contributed by atoms with van der Waals surface area (Å²) in [6, 6.07) is -1.34. The maximum Gasteiger partial charge on any atom is 0.401 e. The van der Waals surface area contributed by atoms with Crippen molar-refractivity contribution in [2.24, 2.45) is 0 Å². The Bertz CT molecular complexity index is 295. The van der Waals surface area contributed by atoms with Gasteiger partial charge in [0, 0.05) is 13.5 Å². The summed E-state index contributed by atoms with van der Waals surface area (Å²) in [7, 11) is 0. The molecule has 0 aromatic carbocycles. The molecule has 0 saturated carbocycles. The van der Waals surface area contributed by atoms with E-state index in [1.807, 2.05) is 0 Å². The van der Waals surface area contributed by atoms with Crippen LogP contribution >= 0.6 is 0 Å². The second-order valence-corrected chi connectivity index (χ2v) is 3.94. The van der Waals surface area contributed by atoms with E-state index >= 15 is 0 Å². The lowest BCUT2D eigenvalue weighted by molar-refractivity contribution is -0.152. The average molecular weight is 270 g/mol. The zero-order valence-corrected chi connectivity index (χ0v) is 10.3. The van der Waals surface area contributed by atoms with Crippen LogP contribution in [0, 0.1) is 0 Å². The predicted molar refractivity (Wildman–Crippen MR) is 58.0 cm³/mol. The van der Waals surface area contributed by atoms with Gasteiger partial charge in [-0.05, 0) is 13.0 Å². The summed E-state index contributed by atoms with van der Waals surface area (Å²) < 4.78 is 36.8. The summed E-state index contributed by atoms with van der Waals surface area (Å²) >= 11 is 0. The average Bonchev–Trinajstić information content (AvgIpc) is 2.13. The number of carboxylic acids is 1. The van der Waals surface area contributed by atoms with E-state index in [2.05, 4.69) is 5.32 Å². The molecule has 8 heteroatoms. The molecule has 0 aliphatic carbocycles. The highest BCUT2D eigenvalue weighted by molar-refractivity contribution is 5.82. The summed E-state index contributed by atoms with van der Waals surface area (Å²) in [5.41, 5.74) is 0. The molecule has 5 nitrogen and oxygen atoms in total. The third kappa shape index (κ3) is 7.88. The Hall–Kier alpha value is -1.31. The molecule has 0 aromatic rings. The quantitative estimate of drug-likeness (QED) is 0.719. The smallest absolute Gasteiger partial charge is 0.401 e. The van der Waals surface area contributed by atoms with E-state index in [1.54, 1.807) is 6.92 Å². The van der Waals surface area contributed by atoms with Crippen molar-refractivity contribution < 1.29 is 27.9 Å². The van der Waals surface area contributed by atoms with Crippen LogP contribution in [0.5, 0.6) is 0 Å². The van der Waals surface area contributed by atoms with E-state index in [-0.39, 0.29) is 13.1 Å². The molecule has 1 atom stereocenters. The van der Waals surface area contributed by atoms with E-state index in [9.17, 15) is 22.8 Å². The largest absolute Gasteiger partial charge is 0.480 e. The van der Waals surface area contributed by atoms with Crippen LogP contribution < -0.4 is 5.32 Å². The molecular formula is C10H17F3N2O3. The Balaban J connectivity index is 4.60. The third-order valence-corrected chi connectivity index (χ3v) is 2.06. The van der Waals surface area contributed by atoms with Crippen LogP contribution in [0.15, 0.2) is 0 Å². The van der Waals surface area contributed by atoms with Gasteiger partial charge in [-0.3, -0.25) is 9.69 Å². The van der Waals surface area contributed by atoms with Gasteiger partial charge in [-0.25, -0.2) is 4.79 Å². The minimum absolute atomic E-state index is 0.114. The molecule has 0 aliphatic rings. The normalized spacial score (nSPS) is 13.4. The summed E-state index contributed by atoms with van der Waals surface area (Å²) in [6.07, 6.45) is -3.93. The summed E-state index contributed by atoms with van der Waals surface area (Å²) in [6.45, 7) is 1.36. The molecule has 0 saturated heterocycles. The van der Waals surface area contributed by atoms with Crippen LogP contribution in [0.1, 0.15) is 20.3 Å². The molecule has 2 N–H and O–H groups in total. The van der Waals surface area contributed by atoms with Gasteiger partial charge in [0.25, 0.3) is 0 Å². The van der Waals surface area contributed by atoms with Gasteiger partial charge >= 0.3 is 12.1 Å². The van der Waals surface area contributed by atoms with Crippen LogP contribution in [0.4, 0.5) is 13.2 Å². The number of aliphatic carboxylic acids is 1. The summed E-state index contributed by atoms with van der Waals surface area (Å²) in [4.78, 5) is 22.6. The molecule has 0 fully saturated rings. The van der Waals surface area contributed by atoms with Crippen molar-refractivity contribution >= 4 is 11.9 Å². The standard InChI is InChI=1S/C10H17F3N2O3/c1-3-4-15(6-10(11,12)13)5-8(9(17)18)14-7(2)16/h8H,3-6H2,1-2H3,(H,14,16)(H,17,18). The number of carbonyl (C=O) groups is 2. The number of halogens is 3. The van der Waals surface area contributed by atoms with E-state index in [0.717, 1.165) is 11.8 Å². The number of amides is 1. The molecule has 106 valence electrons. The Morgan fingerprint density at radius 3 is 2.28 bits per heavy atom. The SMILES string of the molecule is CCCN(CC(NC(C)=O)C(=O)O)CC(F)(F)F. The van der Waals surface area contributed by atoms with E-state index in [4.69, 9.17) is 5.11 Å². The summed E-state index contributed by atoms with van der Waals surface area (Å²) in [5, 5.41) is 10.9. The van der Waals surface area contributed by atoms with E-state index in [0.29, 0.717) is 6.42 Å². The molecule has 0 rings (SSSR count). The maximum absolute atomic E-state index is 12.3. The molecule has 0 spiro atoms. The van der Waals surface area contributed by atoms with Crippen molar-refractivity contribution in [1.82, 2.24) is 10.2 Å². The van der Waals surface area contributed by atoms with E-state index in [1.165, 1.54) is 0 Å². The monoisotopic (exact) mass is 270 g/mol. The van der Waals surface area contributed by atoms with Crippen LogP contribution in [0.3, 0.4) is 0 Å². The Kier molecular flexibility index (Phi) is 6.67. The number of alkyl halides is 3. The van der Waals surface area contributed by atoms with Crippen LogP contribution in [0.25, 0.3) is 0 Å². The minimum Gasteiger partial charge on any atom is -0.480 e. The fourth-order valence-corrected chi connectivity index (χ4v) is 1.49. The molecule has 1 amide bonds. The first-order valence-electron chi connectivity index (χ1n) is 5.44. The van der Waals surface area contributed by atoms with Crippen molar-refractivity contribution in [2.45, 2.75) is 32.5 Å². The minimum atomic E-state index is -4.39. The number of hydrogen-bond donors (Lipinski definition) is 2. The molecule has 0 aliphatic heterocycles. The van der Waals surface area contributed by atoms with Gasteiger partial charge in [0.2, 0.25) is 5.91 Å². The third-order valence-electron chi connectivity index (χ3n) is 2.06. The first-order valence-corrected chi connectivity index (χ1v) is 5.44. The van der Waals surface area contributed by atoms with Gasteiger partial charge in [-0.15, -0.1) is 0 Å². The lowest BCUT2D eigenvalue weighted by Crippen LogP contribution is -2.49. The molecular weight excluding hydrogens is 253 g/mol. The van der Waals surface area contributed by atoms with Crippen molar-refractivity contribution in [3.63, 3.8) is 0 Å². The highest BCUT2D eigenvalue weighted by Gasteiger charge is 2.32. The maximum atomic E-state index is 12.3. The molecule has 1 unspecified atom stereocenters. The van der Waals surface area contributed by atoms with Gasteiger partial charge in [0.05, 0.1) is 6.54 Å². The number of nitrogens with zero attached hydrogens (tertiary/aromatic N) is 1. The van der Waals surface area contributed by atoms with Gasteiger partial charge in [0.15, 0.2) is 0 Å². The zero-order valence-electron chi connectivity index (χ0n) is 10.3. The van der Waals surface area contributed by atoms with Crippen molar-refractivity contribution in [3.8, 4) is 0 Å². The number of carboxylic acid groups (broad SMARTS) is 1. The molecule has 0 bridgehead atoms. The summed E-state index contributed by atoms with van der Waals surface area (Å²) in [5.74, 6) is -1.95. The first kappa shape index (κ1) is 16.7. The van der Waals surface area contributed by atoms with Gasteiger partial charge < -0.3 is 10.4 Å². The fraction of sp³-hybridized carbons (Fsp3) is 0.800. The van der Waals surface area contributed by atoms with E-state index < -0.39 is 30.6 Å². The highest BCUT2D eigenvalue weighted by atomic mass is 19.4. The second kappa shape index (κ2) is 7.20. The number of nitrogens with one attached hydrogen (secondary N) is 1. The highest BCUT2D eigenvalue weighted by Crippen LogP contribution is 2.16. The van der Waals surface area contributed by atoms with Gasteiger partial charge in [-0.1, -0.05) is 6.92 Å².